The molecule has 11 nitrogen and oxygen atoms in total. The van der Waals surface area contributed by atoms with Crippen LogP contribution in [0.5, 0.6) is 0 Å². The first-order chi connectivity index (χ1) is 15.0. The molecule has 2 fully saturated rings. The molecule has 11 heteroatoms. The van der Waals surface area contributed by atoms with Gasteiger partial charge in [0.05, 0.1) is 24.9 Å². The van der Waals surface area contributed by atoms with Crippen LogP contribution in [-0.2, 0) is 23.7 Å². The second-order valence-corrected chi connectivity index (χ2v) is 9.06. The Balaban J connectivity index is 2.13. The van der Waals surface area contributed by atoms with Crippen LogP contribution >= 0.6 is 0 Å². The molecule has 2 aliphatic rings. The highest BCUT2D eigenvalue weighted by Crippen LogP contribution is 2.32. The summed E-state index contributed by atoms with van der Waals surface area (Å²) in [5.74, 6) is 0. The van der Waals surface area contributed by atoms with Gasteiger partial charge in [0.2, 0.25) is 0 Å². The fourth-order valence-corrected chi connectivity index (χ4v) is 3.58. The highest BCUT2D eigenvalue weighted by Gasteiger charge is 2.52. The molecule has 0 aromatic carbocycles. The largest absolute Gasteiger partial charge is 0.394 e. The van der Waals surface area contributed by atoms with E-state index in [-0.39, 0.29) is 6.10 Å². The van der Waals surface area contributed by atoms with Crippen LogP contribution in [0, 0.1) is 0 Å². The molecule has 0 aliphatic carbocycles. The molecule has 0 amide bonds. The van der Waals surface area contributed by atoms with E-state index in [0.29, 0.717) is 12.8 Å². The predicted octanol–water partition coefficient (Wildman–Crippen LogP) is -1.36. The molecule has 0 saturated carbocycles. The van der Waals surface area contributed by atoms with E-state index in [9.17, 15) is 30.6 Å². The summed E-state index contributed by atoms with van der Waals surface area (Å²) in [6.45, 7) is 8.09. The third kappa shape index (κ3) is 6.36. The molecule has 2 heterocycles. The molecule has 2 aliphatic heterocycles. The molecule has 2 saturated heterocycles. The van der Waals surface area contributed by atoms with E-state index in [1.165, 1.54) is 0 Å². The summed E-state index contributed by atoms with van der Waals surface area (Å²) < 4.78 is 28.3. The fraction of sp³-hybridized carbons (Fsp3) is 1.00. The maximum Gasteiger partial charge on any atom is 0.187 e. The van der Waals surface area contributed by atoms with E-state index in [2.05, 4.69) is 0 Å². The molecule has 0 spiro atoms. The minimum atomic E-state index is -1.59. The van der Waals surface area contributed by atoms with E-state index >= 15 is 0 Å². The topological polar surface area (TPSA) is 168 Å². The second kappa shape index (κ2) is 11.8. The molecule has 0 aromatic rings. The van der Waals surface area contributed by atoms with Crippen LogP contribution in [0.4, 0.5) is 0 Å². The van der Waals surface area contributed by atoms with Gasteiger partial charge in [-0.15, -0.1) is 0 Å². The Kier molecular flexibility index (Phi) is 10.3. The molecule has 6 N–H and O–H groups in total. The maximum absolute atomic E-state index is 10.6. The van der Waals surface area contributed by atoms with E-state index in [0.717, 1.165) is 0 Å². The van der Waals surface area contributed by atoms with Crippen molar-refractivity contribution in [2.45, 2.75) is 121 Å². The summed E-state index contributed by atoms with van der Waals surface area (Å²) in [6.07, 6.45) is -12.2. The van der Waals surface area contributed by atoms with Crippen LogP contribution in [0.2, 0.25) is 0 Å². The van der Waals surface area contributed by atoms with E-state index in [1.54, 1.807) is 6.92 Å². The lowest BCUT2D eigenvalue weighted by Gasteiger charge is -2.47. The first kappa shape index (κ1) is 27.8. The lowest BCUT2D eigenvalue weighted by molar-refractivity contribution is -0.367. The fourth-order valence-electron chi connectivity index (χ4n) is 3.58. The Morgan fingerprint density at radius 1 is 0.812 bits per heavy atom. The molecular weight excluding hydrogens is 428 g/mol. The van der Waals surface area contributed by atoms with Gasteiger partial charge in [0.1, 0.15) is 48.8 Å². The van der Waals surface area contributed by atoms with Gasteiger partial charge in [-0.2, -0.15) is 0 Å². The van der Waals surface area contributed by atoms with Crippen molar-refractivity contribution in [2.75, 3.05) is 13.2 Å². The standard InChI is InChI=1S/C21H40O11/c1-6-10(3)28-19-15(26)13(24)17(11(8-22)29-19)31-20-16(27)14(25)18(12(9-23)30-20)32-21(4,5)7-2/h10-20,22-27H,6-9H2,1-5H3/t10?,11?,12?,13?,14?,15?,16?,17-,18-,19-,20+/m1/s1. The van der Waals surface area contributed by atoms with Crippen molar-refractivity contribution in [3.63, 3.8) is 0 Å². The van der Waals surface area contributed by atoms with Gasteiger partial charge in [0.15, 0.2) is 12.6 Å². The zero-order chi connectivity index (χ0) is 24.2. The molecule has 190 valence electrons. The number of rotatable bonds is 10. The van der Waals surface area contributed by atoms with Gasteiger partial charge in [-0.1, -0.05) is 13.8 Å². The van der Waals surface area contributed by atoms with Gasteiger partial charge < -0.3 is 54.3 Å². The van der Waals surface area contributed by atoms with Crippen molar-refractivity contribution in [1.29, 1.82) is 0 Å². The molecule has 11 atom stereocenters. The quantitative estimate of drug-likeness (QED) is 0.224. The zero-order valence-electron chi connectivity index (χ0n) is 19.4. The third-order valence-electron chi connectivity index (χ3n) is 6.18. The molecule has 0 bridgehead atoms. The van der Waals surface area contributed by atoms with Crippen molar-refractivity contribution < 1.29 is 54.3 Å². The van der Waals surface area contributed by atoms with Crippen LogP contribution in [0.1, 0.15) is 47.5 Å². The Morgan fingerprint density at radius 3 is 1.84 bits per heavy atom. The zero-order valence-corrected chi connectivity index (χ0v) is 19.4. The minimum absolute atomic E-state index is 0.257. The summed E-state index contributed by atoms with van der Waals surface area (Å²) in [6, 6.07) is 0. The summed E-state index contributed by atoms with van der Waals surface area (Å²) in [5, 5.41) is 61.8. The van der Waals surface area contributed by atoms with Crippen molar-refractivity contribution in [3.05, 3.63) is 0 Å². The number of ether oxygens (including phenoxy) is 5. The Labute approximate surface area is 188 Å². The van der Waals surface area contributed by atoms with Crippen molar-refractivity contribution in [1.82, 2.24) is 0 Å². The number of aliphatic hydroxyl groups is 6. The van der Waals surface area contributed by atoms with Crippen LogP contribution < -0.4 is 0 Å². The van der Waals surface area contributed by atoms with Crippen molar-refractivity contribution >= 4 is 0 Å². The lowest BCUT2D eigenvalue weighted by atomic mass is 9.95. The van der Waals surface area contributed by atoms with Gasteiger partial charge >= 0.3 is 0 Å². The SMILES string of the molecule is CCC(C)O[C@@H]1OC(CO)[C@@H](O[C@@H]2OC(CO)[C@@H](OC(C)(C)CC)C(O)C2O)C(O)C1O. The molecule has 2 rings (SSSR count). The van der Waals surface area contributed by atoms with Gasteiger partial charge in [0, 0.05) is 0 Å². The van der Waals surface area contributed by atoms with Crippen molar-refractivity contribution in [3.8, 4) is 0 Å². The van der Waals surface area contributed by atoms with E-state index in [1.807, 2.05) is 27.7 Å². The number of aliphatic hydroxyl groups excluding tert-OH is 6. The average Bonchev–Trinajstić information content (AvgIpc) is 2.77. The monoisotopic (exact) mass is 468 g/mol. The highest BCUT2D eigenvalue weighted by molar-refractivity contribution is 4.95. The van der Waals surface area contributed by atoms with Gasteiger partial charge in [-0.25, -0.2) is 0 Å². The van der Waals surface area contributed by atoms with E-state index in [4.69, 9.17) is 23.7 Å². The summed E-state index contributed by atoms with van der Waals surface area (Å²) in [7, 11) is 0. The van der Waals surface area contributed by atoms with E-state index < -0.39 is 80.2 Å². The highest BCUT2D eigenvalue weighted by atomic mass is 16.7. The minimum Gasteiger partial charge on any atom is -0.394 e. The summed E-state index contributed by atoms with van der Waals surface area (Å²) in [5.41, 5.74) is -0.639. The molecule has 32 heavy (non-hydrogen) atoms. The smallest absolute Gasteiger partial charge is 0.187 e. The molecular formula is C21H40O11. The summed E-state index contributed by atoms with van der Waals surface area (Å²) in [4.78, 5) is 0. The first-order valence-corrected chi connectivity index (χ1v) is 11.2. The van der Waals surface area contributed by atoms with Gasteiger partial charge in [-0.05, 0) is 33.6 Å². The van der Waals surface area contributed by atoms with Crippen LogP contribution in [-0.4, -0.2) is 117 Å². The maximum atomic E-state index is 10.6. The number of hydrogen-bond donors (Lipinski definition) is 6. The predicted molar refractivity (Wildman–Crippen MR) is 110 cm³/mol. The molecule has 0 radical (unpaired) electrons. The molecule has 0 aromatic heterocycles. The van der Waals surface area contributed by atoms with Gasteiger partial charge in [-0.3, -0.25) is 0 Å². The lowest BCUT2D eigenvalue weighted by Crippen LogP contribution is -2.65. The third-order valence-corrected chi connectivity index (χ3v) is 6.18. The average molecular weight is 469 g/mol. The normalized spacial score (nSPS) is 42.1. The molecule has 7 unspecified atom stereocenters. The van der Waals surface area contributed by atoms with Crippen molar-refractivity contribution in [2.24, 2.45) is 0 Å². The van der Waals surface area contributed by atoms with Crippen LogP contribution in [0.3, 0.4) is 0 Å². The Hall–Kier alpha value is -0.440. The summed E-state index contributed by atoms with van der Waals surface area (Å²) >= 11 is 0. The number of hydrogen-bond acceptors (Lipinski definition) is 11. The second-order valence-electron chi connectivity index (χ2n) is 9.06. The Bertz CT molecular complexity index is 558. The van der Waals surface area contributed by atoms with Gasteiger partial charge in [0.25, 0.3) is 0 Å². The first-order valence-electron chi connectivity index (χ1n) is 11.2. The Morgan fingerprint density at radius 2 is 1.31 bits per heavy atom. The van der Waals surface area contributed by atoms with Crippen LogP contribution in [0.15, 0.2) is 0 Å². The van der Waals surface area contributed by atoms with Crippen LogP contribution in [0.25, 0.3) is 0 Å².